The molecule has 3 fully saturated rings. The highest BCUT2D eigenvalue weighted by Gasteiger charge is 2.64. The smallest absolute Gasteiger partial charge is 0.434 e. The molecule has 8 atom stereocenters. The Morgan fingerprint density at radius 2 is 1.42 bits per heavy atom. The van der Waals surface area contributed by atoms with Crippen molar-refractivity contribution < 1.29 is 14.3 Å². The third kappa shape index (κ3) is 10.9. The van der Waals surface area contributed by atoms with Crippen molar-refractivity contribution in [2.24, 2.45) is 45.8 Å². The van der Waals surface area contributed by atoms with E-state index in [0.29, 0.717) is 17.4 Å². The van der Waals surface area contributed by atoms with Crippen LogP contribution in [-0.4, -0.2) is 18.9 Å². The van der Waals surface area contributed by atoms with Gasteiger partial charge in [0.25, 0.3) is 0 Å². The molecule has 288 valence electrons. The average Bonchev–Trinajstić information content (AvgIpc) is 3.44. The molecule has 3 heteroatoms. The van der Waals surface area contributed by atoms with Crippen LogP contribution in [0.15, 0.2) is 23.8 Å². The molecule has 3 nitrogen and oxygen atoms in total. The van der Waals surface area contributed by atoms with Gasteiger partial charge in [0.15, 0.2) is 0 Å². The molecule has 0 radical (unpaired) electrons. The van der Waals surface area contributed by atoms with Gasteiger partial charge in [-0.15, -0.1) is 0 Å². The second-order valence-electron chi connectivity index (χ2n) is 19.0. The van der Waals surface area contributed by atoms with Gasteiger partial charge in [0, 0.05) is 6.42 Å². The van der Waals surface area contributed by atoms with Gasteiger partial charge in [0.2, 0.25) is 0 Å². The first-order valence-corrected chi connectivity index (χ1v) is 22.2. The highest BCUT2D eigenvalue weighted by atomic mass is 16.7. The molecule has 0 N–H and O–H groups in total. The van der Waals surface area contributed by atoms with E-state index in [1.54, 1.807) is 5.57 Å². The van der Waals surface area contributed by atoms with Gasteiger partial charge in [-0.05, 0) is 123 Å². The second kappa shape index (κ2) is 20.3. The summed E-state index contributed by atoms with van der Waals surface area (Å²) in [6.07, 6.45) is 39.0. The zero-order valence-corrected chi connectivity index (χ0v) is 34.3. The summed E-state index contributed by atoms with van der Waals surface area (Å²) in [5, 5.41) is 0. The number of hydrogen-bond donors (Lipinski definition) is 0. The number of unbranched alkanes of at least 4 members (excludes halogenated alkanes) is 12. The number of carbonyl (C=O) groups is 1. The van der Waals surface area contributed by atoms with E-state index >= 15 is 0 Å². The van der Waals surface area contributed by atoms with Crippen LogP contribution in [0.5, 0.6) is 0 Å². The van der Waals surface area contributed by atoms with E-state index < -0.39 is 6.16 Å². The minimum Gasteiger partial charge on any atom is -0.434 e. The average molecular weight is 695 g/mol. The number of rotatable bonds is 22. The molecule has 0 aromatic heterocycles. The minimum absolute atomic E-state index is 0.0255. The molecular formula is C47H82O3. The van der Waals surface area contributed by atoms with Crippen molar-refractivity contribution in [3.8, 4) is 0 Å². The largest absolute Gasteiger partial charge is 0.508 e. The number of ether oxygens (including phenoxy) is 2. The molecule has 0 saturated heterocycles. The van der Waals surface area contributed by atoms with Gasteiger partial charge in [-0.2, -0.15) is 0 Å². The van der Waals surface area contributed by atoms with Gasteiger partial charge in [0.1, 0.15) is 6.10 Å². The Labute approximate surface area is 311 Å². The Morgan fingerprint density at radius 1 is 0.760 bits per heavy atom. The molecule has 6 unspecified atom stereocenters. The minimum atomic E-state index is -0.444. The monoisotopic (exact) mass is 695 g/mol. The molecule has 0 spiro atoms. The van der Waals surface area contributed by atoms with Crippen LogP contribution < -0.4 is 0 Å². The highest BCUT2D eigenvalue weighted by molar-refractivity contribution is 5.60. The molecule has 0 heterocycles. The van der Waals surface area contributed by atoms with Crippen LogP contribution in [0.25, 0.3) is 0 Å². The van der Waals surface area contributed by atoms with Crippen LogP contribution in [0.2, 0.25) is 0 Å². The summed E-state index contributed by atoms with van der Waals surface area (Å²) in [6.45, 7) is 18.1. The molecular weight excluding hydrogens is 613 g/mol. The number of hydrogen-bond acceptors (Lipinski definition) is 3. The van der Waals surface area contributed by atoms with E-state index in [2.05, 4.69) is 66.7 Å². The first-order valence-electron chi connectivity index (χ1n) is 22.2. The van der Waals surface area contributed by atoms with Gasteiger partial charge in [0.05, 0.1) is 6.61 Å². The SMILES string of the molecule is CCCCCCCC/C=C/CCCCCCCCOC(=O)OC1CC[C@]2(C)C(=CC[C@@]3(C)C4CCC(C(C)CCCC(C)C)C4(C)CCC32)C1. The standard InChI is InChI=1S/C47H82O3/c1-8-9-10-11-12-13-14-15-16-17-18-19-20-21-22-23-35-49-44(48)50-40-30-33-45(5)39(36-40)29-32-47(7)42-28-27-41(38(4)26-24-25-37(2)3)46(42,6)34-31-43(45)47/h15-16,29,37-38,40-43H,8-14,17-28,30-36H2,1-7H3/b16-15+/t38?,40?,41?,42?,43?,45-,46?,47+/m1/s1. The van der Waals surface area contributed by atoms with Crippen molar-refractivity contribution in [3.05, 3.63) is 23.8 Å². The van der Waals surface area contributed by atoms with Crippen molar-refractivity contribution in [2.75, 3.05) is 6.61 Å². The quantitative estimate of drug-likeness (QED) is 0.0643. The lowest BCUT2D eigenvalue weighted by Crippen LogP contribution is -2.56. The van der Waals surface area contributed by atoms with Crippen LogP contribution in [-0.2, 0) is 9.47 Å². The van der Waals surface area contributed by atoms with Gasteiger partial charge < -0.3 is 9.47 Å². The molecule has 3 saturated carbocycles. The molecule has 4 aliphatic carbocycles. The van der Waals surface area contributed by atoms with E-state index in [1.165, 1.54) is 128 Å². The van der Waals surface area contributed by atoms with Gasteiger partial charge >= 0.3 is 6.16 Å². The Balaban J connectivity index is 1.11. The zero-order valence-electron chi connectivity index (χ0n) is 34.3. The van der Waals surface area contributed by atoms with Crippen LogP contribution in [0.4, 0.5) is 4.79 Å². The van der Waals surface area contributed by atoms with Crippen molar-refractivity contribution in [1.29, 1.82) is 0 Å². The maximum Gasteiger partial charge on any atom is 0.508 e. The summed E-state index contributed by atoms with van der Waals surface area (Å²) in [5.74, 6) is 4.16. The molecule has 4 rings (SSSR count). The summed E-state index contributed by atoms with van der Waals surface area (Å²) in [7, 11) is 0. The molecule has 0 bridgehead atoms. The fourth-order valence-electron chi connectivity index (χ4n) is 12.1. The maximum absolute atomic E-state index is 12.7. The van der Waals surface area contributed by atoms with Gasteiger partial charge in [-0.3, -0.25) is 0 Å². The van der Waals surface area contributed by atoms with Crippen LogP contribution >= 0.6 is 0 Å². The number of fused-ring (bicyclic) bond motifs is 5. The summed E-state index contributed by atoms with van der Waals surface area (Å²) < 4.78 is 11.5. The first-order chi connectivity index (χ1) is 24.0. The molecule has 0 aromatic rings. The van der Waals surface area contributed by atoms with E-state index in [0.717, 1.165) is 61.7 Å². The zero-order chi connectivity index (χ0) is 36.0. The van der Waals surface area contributed by atoms with Crippen LogP contribution in [0.3, 0.4) is 0 Å². The van der Waals surface area contributed by atoms with Crippen LogP contribution in [0, 0.1) is 45.8 Å². The van der Waals surface area contributed by atoms with E-state index in [-0.39, 0.29) is 11.5 Å². The molecule has 0 aromatic carbocycles. The van der Waals surface area contributed by atoms with E-state index in [9.17, 15) is 4.79 Å². The third-order valence-electron chi connectivity index (χ3n) is 15.0. The molecule has 0 amide bonds. The van der Waals surface area contributed by atoms with E-state index in [1.807, 2.05) is 0 Å². The highest BCUT2D eigenvalue weighted by Crippen LogP contribution is 2.72. The summed E-state index contributed by atoms with van der Waals surface area (Å²) in [6, 6.07) is 0. The Kier molecular flexibility index (Phi) is 16.8. The van der Waals surface area contributed by atoms with Crippen molar-refractivity contribution in [1.82, 2.24) is 0 Å². The molecule has 50 heavy (non-hydrogen) atoms. The summed E-state index contributed by atoms with van der Waals surface area (Å²) in [4.78, 5) is 12.7. The lowest BCUT2D eigenvalue weighted by Gasteiger charge is -2.63. The Bertz CT molecular complexity index is 1060. The van der Waals surface area contributed by atoms with Crippen molar-refractivity contribution in [2.45, 2.75) is 215 Å². The summed E-state index contributed by atoms with van der Waals surface area (Å²) >= 11 is 0. The number of carbonyl (C=O) groups excluding carboxylic acids is 1. The predicted molar refractivity (Wildman–Crippen MR) is 213 cm³/mol. The summed E-state index contributed by atoms with van der Waals surface area (Å²) in [5.41, 5.74) is 2.73. The van der Waals surface area contributed by atoms with Crippen molar-refractivity contribution >= 4 is 6.16 Å². The Morgan fingerprint density at radius 3 is 2.10 bits per heavy atom. The van der Waals surface area contributed by atoms with Crippen molar-refractivity contribution in [3.63, 3.8) is 0 Å². The second-order valence-corrected chi connectivity index (χ2v) is 19.0. The fraction of sp³-hybridized carbons (Fsp3) is 0.894. The Hall–Kier alpha value is -1.25. The van der Waals surface area contributed by atoms with Crippen LogP contribution in [0.1, 0.15) is 209 Å². The van der Waals surface area contributed by atoms with E-state index in [4.69, 9.17) is 9.47 Å². The molecule has 0 aliphatic heterocycles. The predicted octanol–water partition coefficient (Wildman–Crippen LogP) is 15.0. The fourth-order valence-corrected chi connectivity index (χ4v) is 12.1. The lowest BCUT2D eigenvalue weighted by atomic mass is 9.41. The van der Waals surface area contributed by atoms with Gasteiger partial charge in [-0.1, -0.05) is 149 Å². The third-order valence-corrected chi connectivity index (χ3v) is 15.0. The number of allylic oxidation sites excluding steroid dienone is 3. The normalized spacial score (nSPS) is 32.8. The maximum atomic E-state index is 12.7. The lowest BCUT2D eigenvalue weighted by molar-refractivity contribution is -0.115. The van der Waals surface area contributed by atoms with Gasteiger partial charge in [-0.25, -0.2) is 4.79 Å². The molecule has 4 aliphatic rings. The topological polar surface area (TPSA) is 35.5 Å². The first kappa shape index (κ1) is 41.5.